The van der Waals surface area contributed by atoms with Crippen LogP contribution in [0.25, 0.3) is 0 Å². The Kier molecular flexibility index (Phi) is 6.51. The molecule has 1 aliphatic heterocycles. The molecule has 1 heterocycles. The fourth-order valence-electron chi connectivity index (χ4n) is 5.35. The Hall–Kier alpha value is -2.25. The highest BCUT2D eigenvalue weighted by Gasteiger charge is 2.42. The molecule has 0 saturated carbocycles. The molecule has 0 saturated heterocycles. The molecular weight excluding hydrogens is 565 g/mol. The van der Waals surface area contributed by atoms with Gasteiger partial charge >= 0.3 is 0 Å². The highest BCUT2D eigenvalue weighted by molar-refractivity contribution is 9.11. The first-order valence-corrected chi connectivity index (χ1v) is 13.1. The second kappa shape index (κ2) is 9.42. The van der Waals surface area contributed by atoms with E-state index in [0.29, 0.717) is 27.5 Å². The molecule has 3 aliphatic rings. The molecule has 5 rings (SSSR count). The lowest BCUT2D eigenvalue weighted by Gasteiger charge is -2.42. The van der Waals surface area contributed by atoms with Gasteiger partial charge in [0.15, 0.2) is 11.6 Å². The van der Waals surface area contributed by atoms with Crippen LogP contribution in [0.2, 0.25) is 0 Å². The number of halogens is 3. The third-order valence-electron chi connectivity index (χ3n) is 6.87. The van der Waals surface area contributed by atoms with Gasteiger partial charge in [0.05, 0.1) is 8.95 Å². The van der Waals surface area contributed by atoms with Crippen LogP contribution in [0.4, 0.5) is 4.39 Å². The van der Waals surface area contributed by atoms with E-state index in [9.17, 15) is 14.0 Å². The summed E-state index contributed by atoms with van der Waals surface area (Å²) >= 11 is 7.26. The van der Waals surface area contributed by atoms with Gasteiger partial charge < -0.3 is 9.64 Å². The summed E-state index contributed by atoms with van der Waals surface area (Å²) in [5.41, 5.74) is 5.23. The summed E-state index contributed by atoms with van der Waals surface area (Å²) < 4.78 is 21.0. The number of Topliss-reactive ketones (excluding diaryl/α,β-unsaturated/α-hetero) is 2. The zero-order valence-corrected chi connectivity index (χ0v) is 22.0. The zero-order chi connectivity index (χ0) is 24.0. The molecule has 7 heteroatoms. The molecule has 2 aromatic carbocycles. The number of rotatable bonds is 4. The van der Waals surface area contributed by atoms with Gasteiger partial charge in [-0.1, -0.05) is 12.1 Å². The first kappa shape index (κ1) is 23.5. The Bertz CT molecular complexity index is 1200. The molecule has 0 radical (unpaired) electrons. The first-order valence-electron chi connectivity index (χ1n) is 11.5. The minimum absolute atomic E-state index is 0.127. The fourth-order valence-corrected chi connectivity index (χ4v) is 6.80. The van der Waals surface area contributed by atoms with Gasteiger partial charge in [-0.3, -0.25) is 9.59 Å². The smallest absolute Gasteiger partial charge is 0.161 e. The molecule has 0 amide bonds. The molecule has 0 bridgehead atoms. The summed E-state index contributed by atoms with van der Waals surface area (Å²) in [4.78, 5) is 28.4. The van der Waals surface area contributed by atoms with E-state index in [1.165, 1.54) is 12.1 Å². The lowest BCUT2D eigenvalue weighted by Crippen LogP contribution is -2.37. The molecule has 176 valence electrons. The van der Waals surface area contributed by atoms with Crippen molar-refractivity contribution in [2.24, 2.45) is 0 Å². The molecule has 0 atom stereocenters. The average Bonchev–Trinajstić information content (AvgIpc) is 2.80. The second-order valence-electron chi connectivity index (χ2n) is 9.00. The van der Waals surface area contributed by atoms with E-state index in [-0.39, 0.29) is 29.9 Å². The summed E-state index contributed by atoms with van der Waals surface area (Å²) in [6, 6.07) is 10.2. The Balaban J connectivity index is 1.56. The maximum absolute atomic E-state index is 13.5. The van der Waals surface area contributed by atoms with Gasteiger partial charge in [0.2, 0.25) is 0 Å². The van der Waals surface area contributed by atoms with E-state index in [1.54, 1.807) is 6.07 Å². The zero-order valence-electron chi connectivity index (χ0n) is 18.8. The minimum Gasteiger partial charge on any atom is -0.487 e. The fraction of sp³-hybridized carbons (Fsp3) is 0.333. The molecule has 2 aliphatic carbocycles. The molecule has 0 spiro atoms. The number of carbonyl (C=O) groups is 2. The molecule has 0 N–H and O–H groups in total. The van der Waals surface area contributed by atoms with E-state index >= 15 is 0 Å². The van der Waals surface area contributed by atoms with Crippen molar-refractivity contribution in [2.75, 3.05) is 7.05 Å². The van der Waals surface area contributed by atoms with Crippen molar-refractivity contribution in [3.63, 3.8) is 0 Å². The van der Waals surface area contributed by atoms with E-state index < -0.39 is 0 Å². The number of allylic oxidation sites excluding steroid dienone is 4. The standard InChI is InChI=1S/C27H24Br2FNO3/c1-31-20-7-3-9-22(32)25(20)24(26-21(31)8-4-10-23(26)33)16-12-18(28)27(19(29)13-16)34-14-15-5-2-6-17(30)11-15/h2,5-6,11-13,24H,3-4,7-10,14H2,1H3. The number of benzene rings is 2. The van der Waals surface area contributed by atoms with Crippen LogP contribution in [-0.4, -0.2) is 23.5 Å². The Labute approximate surface area is 215 Å². The van der Waals surface area contributed by atoms with Crippen LogP contribution in [0, 0.1) is 5.82 Å². The molecule has 0 unspecified atom stereocenters. The highest BCUT2D eigenvalue weighted by atomic mass is 79.9. The van der Waals surface area contributed by atoms with Gasteiger partial charge in [0, 0.05) is 48.3 Å². The van der Waals surface area contributed by atoms with Crippen LogP contribution in [0.5, 0.6) is 5.75 Å². The minimum atomic E-state index is -0.369. The van der Waals surface area contributed by atoms with Crippen LogP contribution in [-0.2, 0) is 16.2 Å². The van der Waals surface area contributed by atoms with Crippen LogP contribution >= 0.6 is 31.9 Å². The van der Waals surface area contributed by atoms with Crippen molar-refractivity contribution in [3.05, 3.63) is 84.8 Å². The van der Waals surface area contributed by atoms with E-state index in [4.69, 9.17) is 4.74 Å². The predicted octanol–water partition coefficient (Wildman–Crippen LogP) is 6.97. The summed E-state index contributed by atoms with van der Waals surface area (Å²) in [6.07, 6.45) is 4.39. The van der Waals surface area contributed by atoms with Gasteiger partial charge in [-0.2, -0.15) is 0 Å². The average molecular weight is 589 g/mol. The number of nitrogens with zero attached hydrogens (tertiary/aromatic N) is 1. The van der Waals surface area contributed by atoms with Gasteiger partial charge in [-0.25, -0.2) is 4.39 Å². The SMILES string of the molecule is CN1C2=C(C(=O)CCC2)C(c2cc(Br)c(OCc3cccc(F)c3)c(Br)c2)C2=C1CCCC2=O. The third kappa shape index (κ3) is 4.17. The lowest BCUT2D eigenvalue weighted by atomic mass is 9.71. The van der Waals surface area contributed by atoms with Crippen LogP contribution < -0.4 is 4.74 Å². The van der Waals surface area contributed by atoms with Gasteiger partial charge in [0.25, 0.3) is 0 Å². The van der Waals surface area contributed by atoms with Crippen molar-refractivity contribution in [1.29, 1.82) is 0 Å². The van der Waals surface area contributed by atoms with Gasteiger partial charge in [-0.15, -0.1) is 0 Å². The monoisotopic (exact) mass is 587 g/mol. The van der Waals surface area contributed by atoms with E-state index in [1.807, 2.05) is 25.2 Å². The lowest BCUT2D eigenvalue weighted by molar-refractivity contribution is -0.117. The van der Waals surface area contributed by atoms with Crippen LogP contribution in [0.3, 0.4) is 0 Å². The molecule has 0 fully saturated rings. The van der Waals surface area contributed by atoms with Crippen molar-refractivity contribution >= 4 is 43.4 Å². The summed E-state index contributed by atoms with van der Waals surface area (Å²) in [5, 5.41) is 0. The Morgan fingerprint density at radius 2 is 1.53 bits per heavy atom. The normalized spacial score (nSPS) is 18.9. The number of hydrogen-bond donors (Lipinski definition) is 0. The summed E-state index contributed by atoms with van der Waals surface area (Å²) in [5.74, 6) is 0.170. The van der Waals surface area contributed by atoms with Crippen molar-refractivity contribution in [1.82, 2.24) is 4.90 Å². The number of ether oxygens (including phenoxy) is 1. The Morgan fingerprint density at radius 1 is 0.941 bits per heavy atom. The second-order valence-corrected chi connectivity index (χ2v) is 10.7. The highest BCUT2D eigenvalue weighted by Crippen LogP contribution is 2.50. The molecule has 0 aromatic heterocycles. The largest absolute Gasteiger partial charge is 0.487 e. The quantitative estimate of drug-likeness (QED) is 0.387. The summed E-state index contributed by atoms with van der Waals surface area (Å²) in [7, 11) is 1.99. The third-order valence-corrected chi connectivity index (χ3v) is 8.05. The molecule has 4 nitrogen and oxygen atoms in total. The molecule has 34 heavy (non-hydrogen) atoms. The molecule has 2 aromatic rings. The Morgan fingerprint density at radius 3 is 2.09 bits per heavy atom. The van der Waals surface area contributed by atoms with Gasteiger partial charge in [-0.05, 0) is 92.9 Å². The van der Waals surface area contributed by atoms with Crippen molar-refractivity contribution in [3.8, 4) is 5.75 Å². The predicted molar refractivity (Wildman–Crippen MR) is 135 cm³/mol. The van der Waals surface area contributed by atoms with E-state index in [2.05, 4.69) is 36.8 Å². The number of hydrogen-bond acceptors (Lipinski definition) is 4. The van der Waals surface area contributed by atoms with Crippen LogP contribution in [0.15, 0.2) is 67.9 Å². The summed E-state index contributed by atoms with van der Waals surface area (Å²) in [6.45, 7) is 0.212. The maximum Gasteiger partial charge on any atom is 0.161 e. The number of ketones is 2. The van der Waals surface area contributed by atoms with E-state index in [0.717, 1.165) is 59.4 Å². The molecular formula is C27H24Br2FNO3. The van der Waals surface area contributed by atoms with Crippen LogP contribution in [0.1, 0.15) is 55.6 Å². The first-order chi connectivity index (χ1) is 16.3. The maximum atomic E-state index is 13.5. The van der Waals surface area contributed by atoms with Gasteiger partial charge in [0.1, 0.15) is 18.2 Å². The number of carbonyl (C=O) groups excluding carboxylic acids is 2. The van der Waals surface area contributed by atoms with Crippen molar-refractivity contribution in [2.45, 2.75) is 51.0 Å². The van der Waals surface area contributed by atoms with Crippen molar-refractivity contribution < 1.29 is 18.7 Å². The topological polar surface area (TPSA) is 46.6 Å².